The van der Waals surface area contributed by atoms with E-state index in [1.807, 2.05) is 5.32 Å². The van der Waals surface area contributed by atoms with E-state index in [9.17, 15) is 18.4 Å². The number of benzene rings is 2. The van der Waals surface area contributed by atoms with Gasteiger partial charge < -0.3 is 25.6 Å². The minimum absolute atomic E-state index is 0.0940. The van der Waals surface area contributed by atoms with Crippen molar-refractivity contribution in [1.29, 1.82) is 0 Å². The summed E-state index contributed by atoms with van der Waals surface area (Å²) in [6, 6.07) is 9.50. The molecule has 3 rings (SSSR count). The van der Waals surface area contributed by atoms with Crippen molar-refractivity contribution in [2.24, 2.45) is 0 Å². The summed E-state index contributed by atoms with van der Waals surface area (Å²) in [4.78, 5) is 27.6. The first-order valence-corrected chi connectivity index (χ1v) is 9.78. The standard InChI is InChI=1S/C20H17F2N3O5S/c21-12-3-1-11(2-4-12)16-18(30-14-7-5-13(22)6-8-14)31-19(24-16)25-17(27)15(9-10-26)23-20(28)29/h1-8,15,23,26H,9-10H2,(H,28,29)(H,24,25,27). The van der Waals surface area contributed by atoms with Crippen molar-refractivity contribution in [2.75, 3.05) is 11.9 Å². The Kier molecular flexibility index (Phi) is 7.11. The van der Waals surface area contributed by atoms with Crippen molar-refractivity contribution in [2.45, 2.75) is 12.5 Å². The highest BCUT2D eigenvalue weighted by molar-refractivity contribution is 7.18. The van der Waals surface area contributed by atoms with E-state index in [0.717, 1.165) is 11.3 Å². The van der Waals surface area contributed by atoms with Gasteiger partial charge in [-0.05, 0) is 55.0 Å². The molecule has 11 heteroatoms. The summed E-state index contributed by atoms with van der Waals surface area (Å²) in [6.45, 7) is -0.407. The highest BCUT2D eigenvalue weighted by atomic mass is 32.1. The number of halogens is 2. The van der Waals surface area contributed by atoms with E-state index in [-0.39, 0.29) is 16.6 Å². The maximum atomic E-state index is 13.3. The third-order valence-corrected chi connectivity index (χ3v) is 4.85. The van der Waals surface area contributed by atoms with E-state index in [2.05, 4.69) is 10.3 Å². The lowest BCUT2D eigenvalue weighted by Gasteiger charge is -2.14. The number of carbonyl (C=O) groups excluding carboxylic acids is 1. The van der Waals surface area contributed by atoms with Crippen LogP contribution in [0.5, 0.6) is 10.8 Å². The fraction of sp³-hybridized carbons (Fsp3) is 0.150. The van der Waals surface area contributed by atoms with Gasteiger partial charge in [0.15, 0.2) is 5.13 Å². The molecule has 1 unspecified atom stereocenters. The number of amides is 2. The third kappa shape index (κ3) is 5.96. The van der Waals surface area contributed by atoms with Crippen molar-refractivity contribution in [3.8, 4) is 22.1 Å². The molecule has 2 aromatic carbocycles. The Labute approximate surface area is 179 Å². The van der Waals surface area contributed by atoms with Crippen molar-refractivity contribution in [3.63, 3.8) is 0 Å². The average molecular weight is 449 g/mol. The number of ether oxygens (including phenoxy) is 1. The van der Waals surface area contributed by atoms with Crippen LogP contribution in [0.4, 0.5) is 18.7 Å². The number of aromatic nitrogens is 1. The highest BCUT2D eigenvalue weighted by Gasteiger charge is 2.23. The number of carbonyl (C=O) groups is 2. The summed E-state index contributed by atoms with van der Waals surface area (Å²) in [6.07, 6.45) is -1.55. The molecule has 0 aliphatic heterocycles. The first-order chi connectivity index (χ1) is 14.9. The Morgan fingerprint density at radius 1 is 1.06 bits per heavy atom. The van der Waals surface area contributed by atoms with E-state index in [4.69, 9.17) is 14.9 Å². The molecule has 8 nitrogen and oxygen atoms in total. The molecule has 31 heavy (non-hydrogen) atoms. The number of hydrogen-bond acceptors (Lipinski definition) is 6. The molecule has 0 bridgehead atoms. The summed E-state index contributed by atoms with van der Waals surface area (Å²) in [5, 5.41) is 22.8. The van der Waals surface area contributed by atoms with Gasteiger partial charge in [0.2, 0.25) is 11.0 Å². The largest absolute Gasteiger partial charge is 0.465 e. The molecule has 0 spiro atoms. The molecule has 0 saturated heterocycles. The van der Waals surface area contributed by atoms with E-state index < -0.39 is 36.3 Å². The number of thiazole rings is 1. The van der Waals surface area contributed by atoms with Gasteiger partial charge in [-0.25, -0.2) is 18.6 Å². The van der Waals surface area contributed by atoms with Crippen molar-refractivity contribution < 1.29 is 33.3 Å². The van der Waals surface area contributed by atoms with Gasteiger partial charge >= 0.3 is 6.09 Å². The zero-order valence-electron chi connectivity index (χ0n) is 15.8. The molecule has 2 amide bonds. The Hall–Kier alpha value is -3.57. The molecular formula is C20H17F2N3O5S. The summed E-state index contributed by atoms with van der Waals surface area (Å²) < 4.78 is 32.3. The van der Waals surface area contributed by atoms with Crippen LogP contribution in [0.2, 0.25) is 0 Å². The van der Waals surface area contributed by atoms with Gasteiger partial charge in [-0.1, -0.05) is 11.3 Å². The van der Waals surface area contributed by atoms with Crippen LogP contribution in [-0.4, -0.2) is 39.8 Å². The second kappa shape index (κ2) is 9.96. The molecule has 1 aromatic heterocycles. The lowest BCUT2D eigenvalue weighted by Crippen LogP contribution is -2.43. The lowest BCUT2D eigenvalue weighted by atomic mass is 10.2. The Morgan fingerprint density at radius 2 is 1.68 bits per heavy atom. The molecule has 4 N–H and O–H groups in total. The molecule has 1 atom stereocenters. The van der Waals surface area contributed by atoms with Crippen LogP contribution in [-0.2, 0) is 4.79 Å². The van der Waals surface area contributed by atoms with Gasteiger partial charge in [-0.15, -0.1) is 0 Å². The zero-order valence-corrected chi connectivity index (χ0v) is 16.7. The number of hydrogen-bond donors (Lipinski definition) is 4. The van der Waals surface area contributed by atoms with Crippen molar-refractivity contribution in [3.05, 3.63) is 60.2 Å². The van der Waals surface area contributed by atoms with Crippen LogP contribution in [0.3, 0.4) is 0 Å². The summed E-state index contributed by atoms with van der Waals surface area (Å²) in [5.74, 6) is -1.29. The first-order valence-electron chi connectivity index (χ1n) is 8.97. The average Bonchev–Trinajstić information content (AvgIpc) is 3.11. The van der Waals surface area contributed by atoms with E-state index in [1.165, 1.54) is 48.5 Å². The predicted octanol–water partition coefficient (Wildman–Crippen LogP) is 3.84. The fourth-order valence-corrected chi connectivity index (χ4v) is 3.43. The van der Waals surface area contributed by atoms with Crippen molar-refractivity contribution in [1.82, 2.24) is 10.3 Å². The third-order valence-electron chi connectivity index (χ3n) is 4.00. The molecule has 0 saturated carbocycles. The quantitative estimate of drug-likeness (QED) is 0.415. The predicted molar refractivity (Wildman–Crippen MR) is 109 cm³/mol. The van der Waals surface area contributed by atoms with Crippen LogP contribution in [0, 0.1) is 11.6 Å². The van der Waals surface area contributed by atoms with Crippen LogP contribution in [0.15, 0.2) is 48.5 Å². The minimum atomic E-state index is -1.42. The van der Waals surface area contributed by atoms with E-state index in [1.54, 1.807) is 0 Å². The summed E-state index contributed by atoms with van der Waals surface area (Å²) >= 11 is 0.950. The number of anilines is 1. The molecule has 0 aliphatic carbocycles. The number of nitrogens with zero attached hydrogens (tertiary/aromatic N) is 1. The monoisotopic (exact) mass is 449 g/mol. The summed E-state index contributed by atoms with van der Waals surface area (Å²) in [5.41, 5.74) is 0.806. The SMILES string of the molecule is O=C(O)NC(CCO)C(=O)Nc1nc(-c2ccc(F)cc2)c(Oc2ccc(F)cc2)s1. The van der Waals surface area contributed by atoms with Gasteiger partial charge in [0, 0.05) is 12.2 Å². The fourth-order valence-electron chi connectivity index (χ4n) is 2.57. The molecule has 162 valence electrons. The minimum Gasteiger partial charge on any atom is -0.465 e. The first kappa shape index (κ1) is 22.1. The Morgan fingerprint density at radius 3 is 2.26 bits per heavy atom. The number of carboxylic acid groups (broad SMARTS) is 1. The Balaban J connectivity index is 1.90. The second-order valence-electron chi connectivity index (χ2n) is 6.22. The molecular weight excluding hydrogens is 432 g/mol. The number of aliphatic hydroxyl groups is 1. The smallest absolute Gasteiger partial charge is 0.405 e. The number of nitrogens with one attached hydrogen (secondary N) is 2. The van der Waals surface area contributed by atoms with Gasteiger partial charge in [-0.2, -0.15) is 0 Å². The van der Waals surface area contributed by atoms with Gasteiger partial charge in [0.1, 0.15) is 29.1 Å². The maximum absolute atomic E-state index is 13.3. The van der Waals surface area contributed by atoms with Gasteiger partial charge in [0.05, 0.1) is 0 Å². The molecule has 3 aromatic rings. The van der Waals surface area contributed by atoms with Crippen LogP contribution in [0.1, 0.15) is 6.42 Å². The normalized spacial score (nSPS) is 11.6. The second-order valence-corrected chi connectivity index (χ2v) is 7.18. The lowest BCUT2D eigenvalue weighted by molar-refractivity contribution is -0.118. The van der Waals surface area contributed by atoms with E-state index >= 15 is 0 Å². The molecule has 0 aliphatic rings. The molecule has 0 fully saturated rings. The number of aliphatic hydroxyl groups excluding tert-OH is 1. The summed E-state index contributed by atoms with van der Waals surface area (Å²) in [7, 11) is 0. The molecule has 1 heterocycles. The van der Waals surface area contributed by atoms with E-state index in [0.29, 0.717) is 17.0 Å². The molecule has 0 radical (unpaired) electrons. The van der Waals surface area contributed by atoms with Crippen LogP contribution < -0.4 is 15.4 Å². The maximum Gasteiger partial charge on any atom is 0.405 e. The zero-order chi connectivity index (χ0) is 22.4. The van der Waals surface area contributed by atoms with Crippen LogP contribution in [0.25, 0.3) is 11.3 Å². The van der Waals surface area contributed by atoms with Crippen molar-refractivity contribution >= 4 is 28.5 Å². The topological polar surface area (TPSA) is 121 Å². The highest BCUT2D eigenvalue weighted by Crippen LogP contribution is 2.40. The van der Waals surface area contributed by atoms with Gasteiger partial charge in [-0.3, -0.25) is 4.79 Å². The Bertz CT molecular complexity index is 1060. The number of rotatable bonds is 8. The van der Waals surface area contributed by atoms with Gasteiger partial charge in [0.25, 0.3) is 0 Å². The van der Waals surface area contributed by atoms with Crippen LogP contribution >= 0.6 is 11.3 Å².